The molecule has 88 valence electrons. The van der Waals surface area contributed by atoms with E-state index in [1.165, 1.54) is 32.0 Å². The maximum Gasteiger partial charge on any atom is 0.303 e. The molecule has 0 amide bonds. The zero-order valence-corrected chi connectivity index (χ0v) is 9.26. The van der Waals surface area contributed by atoms with Crippen molar-refractivity contribution in [3.05, 3.63) is 35.1 Å². The number of aliphatic carboxylic acids is 1. The van der Waals surface area contributed by atoms with Gasteiger partial charge in [0, 0.05) is 6.42 Å². The molecule has 16 heavy (non-hydrogen) atoms. The molecule has 0 aromatic heterocycles. The van der Waals surface area contributed by atoms with Gasteiger partial charge in [-0.15, -0.1) is 0 Å². The molecule has 0 saturated heterocycles. The van der Waals surface area contributed by atoms with Gasteiger partial charge in [-0.2, -0.15) is 0 Å². The molecule has 0 radical (unpaired) electrons. The van der Waals surface area contributed by atoms with Gasteiger partial charge in [0.1, 0.15) is 11.5 Å². The van der Waals surface area contributed by atoms with E-state index in [0.29, 0.717) is 5.56 Å². The number of carboxylic acid groups (broad SMARTS) is 1. The molecule has 1 rings (SSSR count). The van der Waals surface area contributed by atoms with E-state index in [1.54, 1.807) is 0 Å². The van der Waals surface area contributed by atoms with Gasteiger partial charge in [-0.05, 0) is 43.5 Å². The zero-order valence-electron chi connectivity index (χ0n) is 9.26. The topological polar surface area (TPSA) is 37.3 Å². The number of aryl methyl sites for hydroxylation is 1. The average Bonchev–Trinajstić information content (AvgIpc) is 2.14. The van der Waals surface area contributed by atoms with Gasteiger partial charge < -0.3 is 5.11 Å². The summed E-state index contributed by atoms with van der Waals surface area (Å²) in [5.74, 6) is -1.49. The van der Waals surface area contributed by atoms with Crippen molar-refractivity contribution in [3.8, 4) is 0 Å². The highest BCUT2D eigenvalue weighted by atomic mass is 19.1. The van der Waals surface area contributed by atoms with Crippen molar-refractivity contribution < 1.29 is 18.7 Å². The van der Waals surface area contributed by atoms with E-state index >= 15 is 0 Å². The first-order valence-electron chi connectivity index (χ1n) is 5.00. The van der Waals surface area contributed by atoms with Crippen LogP contribution < -0.4 is 0 Å². The molecule has 0 spiro atoms. The Morgan fingerprint density at radius 3 is 2.56 bits per heavy atom. The summed E-state index contributed by atoms with van der Waals surface area (Å²) in [5, 5.41) is 8.50. The van der Waals surface area contributed by atoms with Crippen LogP contribution in [0, 0.1) is 5.82 Å². The Morgan fingerprint density at radius 1 is 1.44 bits per heavy atom. The van der Waals surface area contributed by atoms with Crippen molar-refractivity contribution in [3.63, 3.8) is 0 Å². The number of carbonyl (C=O) groups is 1. The van der Waals surface area contributed by atoms with E-state index in [0.717, 1.165) is 0 Å². The van der Waals surface area contributed by atoms with Crippen molar-refractivity contribution in [1.29, 1.82) is 0 Å². The maximum absolute atomic E-state index is 13.6. The highest BCUT2D eigenvalue weighted by Crippen LogP contribution is 2.26. The van der Waals surface area contributed by atoms with Crippen molar-refractivity contribution in [2.45, 2.75) is 32.4 Å². The molecule has 0 aliphatic rings. The van der Waals surface area contributed by atoms with E-state index in [-0.39, 0.29) is 18.4 Å². The third-order valence-corrected chi connectivity index (χ3v) is 2.34. The van der Waals surface area contributed by atoms with Crippen LogP contribution in [0.1, 0.15) is 31.4 Å². The summed E-state index contributed by atoms with van der Waals surface area (Å²) in [6.45, 7) is 2.75. The predicted octanol–water partition coefficient (Wildman–Crippen LogP) is 3.05. The van der Waals surface area contributed by atoms with Crippen LogP contribution in [-0.4, -0.2) is 11.1 Å². The summed E-state index contributed by atoms with van der Waals surface area (Å²) in [6.07, 6.45) is -0.0851. The van der Waals surface area contributed by atoms with E-state index in [2.05, 4.69) is 0 Å². The molecule has 2 nitrogen and oxygen atoms in total. The number of hydrogen-bond donors (Lipinski definition) is 1. The highest BCUT2D eigenvalue weighted by Gasteiger charge is 2.20. The quantitative estimate of drug-likeness (QED) is 0.859. The standard InChI is InChI=1S/C12H14F2O2/c1-12(2,14)9-4-5-10(13)8(7-9)3-6-11(15)16/h4-5,7H,3,6H2,1-2H3,(H,15,16). The number of rotatable bonds is 4. The lowest BCUT2D eigenvalue weighted by Crippen LogP contribution is -2.10. The third-order valence-electron chi connectivity index (χ3n) is 2.34. The SMILES string of the molecule is CC(C)(F)c1ccc(F)c(CCC(=O)O)c1. The largest absolute Gasteiger partial charge is 0.481 e. The molecule has 0 unspecified atom stereocenters. The monoisotopic (exact) mass is 228 g/mol. The molecule has 0 bridgehead atoms. The molecule has 0 atom stereocenters. The Balaban J connectivity index is 2.95. The fraction of sp³-hybridized carbons (Fsp3) is 0.417. The number of alkyl halides is 1. The van der Waals surface area contributed by atoms with E-state index in [9.17, 15) is 13.6 Å². The lowest BCUT2D eigenvalue weighted by molar-refractivity contribution is -0.136. The Bertz CT molecular complexity index is 394. The maximum atomic E-state index is 13.6. The summed E-state index contributed by atoms with van der Waals surface area (Å²) in [5.41, 5.74) is -0.953. The smallest absolute Gasteiger partial charge is 0.303 e. The van der Waals surface area contributed by atoms with Crippen molar-refractivity contribution >= 4 is 5.97 Å². The second kappa shape index (κ2) is 4.60. The van der Waals surface area contributed by atoms with E-state index < -0.39 is 17.5 Å². The summed E-state index contributed by atoms with van der Waals surface area (Å²) >= 11 is 0. The second-order valence-corrected chi connectivity index (χ2v) is 4.17. The summed E-state index contributed by atoms with van der Waals surface area (Å²) in [6, 6.07) is 3.94. The molecule has 1 aromatic rings. The molecule has 0 saturated carbocycles. The summed E-state index contributed by atoms with van der Waals surface area (Å²) in [4.78, 5) is 10.4. The Labute approximate surface area is 92.9 Å². The highest BCUT2D eigenvalue weighted by molar-refractivity contribution is 5.67. The number of carboxylic acids is 1. The Hall–Kier alpha value is -1.45. The van der Waals surface area contributed by atoms with Gasteiger partial charge in [0.15, 0.2) is 0 Å². The predicted molar refractivity (Wildman–Crippen MR) is 56.5 cm³/mol. The third kappa shape index (κ3) is 3.29. The van der Waals surface area contributed by atoms with E-state index in [1.807, 2.05) is 0 Å². The minimum atomic E-state index is -1.55. The van der Waals surface area contributed by atoms with E-state index in [4.69, 9.17) is 5.11 Å². The van der Waals surface area contributed by atoms with Gasteiger partial charge in [-0.25, -0.2) is 8.78 Å². The normalized spacial score (nSPS) is 11.5. The fourth-order valence-corrected chi connectivity index (χ4v) is 1.38. The van der Waals surface area contributed by atoms with Crippen molar-refractivity contribution in [2.24, 2.45) is 0 Å². The van der Waals surface area contributed by atoms with Crippen molar-refractivity contribution in [1.82, 2.24) is 0 Å². The number of benzene rings is 1. The Morgan fingerprint density at radius 2 is 2.06 bits per heavy atom. The summed E-state index contributed by atoms with van der Waals surface area (Å²) < 4.78 is 26.9. The minimum Gasteiger partial charge on any atom is -0.481 e. The fourth-order valence-electron chi connectivity index (χ4n) is 1.38. The summed E-state index contributed by atoms with van der Waals surface area (Å²) in [7, 11) is 0. The van der Waals surface area contributed by atoms with Crippen LogP contribution in [0.5, 0.6) is 0 Å². The van der Waals surface area contributed by atoms with Gasteiger partial charge in [-0.1, -0.05) is 6.07 Å². The van der Waals surface area contributed by atoms with Crippen LogP contribution in [0.4, 0.5) is 8.78 Å². The van der Waals surface area contributed by atoms with Gasteiger partial charge in [0.2, 0.25) is 0 Å². The van der Waals surface area contributed by atoms with Gasteiger partial charge in [0.25, 0.3) is 0 Å². The first-order chi connectivity index (χ1) is 7.30. The molecule has 1 aromatic carbocycles. The number of hydrogen-bond acceptors (Lipinski definition) is 1. The first kappa shape index (κ1) is 12.6. The first-order valence-corrected chi connectivity index (χ1v) is 5.00. The zero-order chi connectivity index (χ0) is 12.3. The molecular weight excluding hydrogens is 214 g/mol. The average molecular weight is 228 g/mol. The molecule has 0 heterocycles. The lowest BCUT2D eigenvalue weighted by Gasteiger charge is -2.15. The van der Waals surface area contributed by atoms with Crippen molar-refractivity contribution in [2.75, 3.05) is 0 Å². The molecular formula is C12H14F2O2. The molecule has 0 fully saturated rings. The van der Waals surface area contributed by atoms with Crippen LogP contribution >= 0.6 is 0 Å². The van der Waals surface area contributed by atoms with Gasteiger partial charge in [-0.3, -0.25) is 4.79 Å². The van der Waals surface area contributed by atoms with Crippen LogP contribution in [0.3, 0.4) is 0 Å². The molecule has 0 aliphatic heterocycles. The molecule has 0 aliphatic carbocycles. The van der Waals surface area contributed by atoms with Crippen LogP contribution in [-0.2, 0) is 16.9 Å². The van der Waals surface area contributed by atoms with Crippen LogP contribution in [0.25, 0.3) is 0 Å². The Kier molecular flexibility index (Phi) is 3.62. The van der Waals surface area contributed by atoms with Crippen LogP contribution in [0.2, 0.25) is 0 Å². The lowest BCUT2D eigenvalue weighted by atomic mass is 9.96. The second-order valence-electron chi connectivity index (χ2n) is 4.17. The minimum absolute atomic E-state index is 0.0745. The van der Waals surface area contributed by atoms with Crippen LogP contribution in [0.15, 0.2) is 18.2 Å². The van der Waals surface area contributed by atoms with Gasteiger partial charge in [0.05, 0.1) is 0 Å². The van der Waals surface area contributed by atoms with Gasteiger partial charge >= 0.3 is 5.97 Å². The molecule has 1 N–H and O–H groups in total. The molecule has 4 heteroatoms. The number of halogens is 2.